The Balaban J connectivity index is 1.32. The summed E-state index contributed by atoms with van der Waals surface area (Å²) in [7, 11) is -3.25. The highest BCUT2D eigenvalue weighted by molar-refractivity contribution is 7.90. The van der Waals surface area contributed by atoms with E-state index in [1.54, 1.807) is 35.2 Å². The van der Waals surface area contributed by atoms with Crippen molar-refractivity contribution in [3.8, 4) is 11.4 Å². The number of aromatic nitrogens is 4. The van der Waals surface area contributed by atoms with Gasteiger partial charge in [0.2, 0.25) is 5.91 Å². The van der Waals surface area contributed by atoms with E-state index in [4.69, 9.17) is 10.7 Å². The predicted octanol–water partition coefficient (Wildman–Crippen LogP) is 2.03. The number of hydrogen-bond acceptors (Lipinski definition) is 7. The van der Waals surface area contributed by atoms with Crippen LogP contribution in [-0.4, -0.2) is 70.7 Å². The smallest absolute Gasteiger partial charge is 0.237 e. The molecule has 188 valence electrons. The molecule has 2 aromatic heterocycles. The molecule has 2 aromatic carbocycles. The number of nitrogens with two attached hydrogens (primary N) is 1. The Morgan fingerprint density at radius 3 is 2.64 bits per heavy atom. The summed E-state index contributed by atoms with van der Waals surface area (Å²) < 4.78 is 25.3. The number of piperazine rings is 1. The second kappa shape index (κ2) is 9.40. The number of aromatic amines is 1. The van der Waals surface area contributed by atoms with E-state index in [0.29, 0.717) is 12.4 Å². The quantitative estimate of drug-likeness (QED) is 0.391. The lowest BCUT2D eigenvalue weighted by Gasteiger charge is -2.40. The Labute approximate surface area is 209 Å². The summed E-state index contributed by atoms with van der Waals surface area (Å²) in [5, 5.41) is 0. The summed E-state index contributed by atoms with van der Waals surface area (Å²) in [6.45, 7) is 5.59. The Bertz CT molecular complexity index is 1510. The highest BCUT2D eigenvalue weighted by atomic mass is 32.2. The first-order chi connectivity index (χ1) is 17.2. The average Bonchev–Trinajstić information content (AvgIpc) is 3.46. The van der Waals surface area contributed by atoms with Crippen LogP contribution in [0.2, 0.25) is 0 Å². The van der Waals surface area contributed by atoms with Crippen molar-refractivity contribution in [1.29, 1.82) is 0 Å². The number of anilines is 1. The van der Waals surface area contributed by atoms with Crippen molar-refractivity contribution in [3.63, 3.8) is 0 Å². The zero-order chi connectivity index (χ0) is 25.4. The number of amides is 1. The Kier molecular flexibility index (Phi) is 6.27. The van der Waals surface area contributed by atoms with Crippen molar-refractivity contribution in [2.24, 2.45) is 5.73 Å². The van der Waals surface area contributed by atoms with Gasteiger partial charge in [0, 0.05) is 50.2 Å². The molecule has 5 rings (SSSR count). The molecule has 1 aliphatic rings. The van der Waals surface area contributed by atoms with E-state index in [2.05, 4.69) is 32.8 Å². The summed E-state index contributed by atoms with van der Waals surface area (Å²) in [5.74, 6) is 0.318. The number of carbonyl (C=O) groups is 1. The summed E-state index contributed by atoms with van der Waals surface area (Å²) >= 11 is 0. The van der Waals surface area contributed by atoms with Crippen molar-refractivity contribution >= 4 is 32.5 Å². The molecule has 1 saturated heterocycles. The summed E-state index contributed by atoms with van der Waals surface area (Å²) in [6.07, 6.45) is 4.72. The third-order valence-corrected chi connectivity index (χ3v) is 7.67. The van der Waals surface area contributed by atoms with Gasteiger partial charge in [-0.2, -0.15) is 0 Å². The molecule has 3 heterocycles. The highest BCUT2D eigenvalue weighted by Crippen LogP contribution is 2.30. The van der Waals surface area contributed by atoms with Gasteiger partial charge in [-0.15, -0.1) is 0 Å². The normalized spacial score (nSPS) is 17.1. The van der Waals surface area contributed by atoms with Crippen molar-refractivity contribution in [1.82, 2.24) is 24.4 Å². The number of sulfone groups is 1. The average molecular weight is 508 g/mol. The second-order valence-corrected chi connectivity index (χ2v) is 11.3. The van der Waals surface area contributed by atoms with Crippen LogP contribution in [0.25, 0.3) is 22.4 Å². The van der Waals surface area contributed by atoms with Crippen molar-refractivity contribution in [3.05, 3.63) is 60.7 Å². The van der Waals surface area contributed by atoms with Gasteiger partial charge < -0.3 is 20.2 Å². The van der Waals surface area contributed by atoms with Crippen LogP contribution >= 0.6 is 0 Å². The van der Waals surface area contributed by atoms with Gasteiger partial charge in [-0.25, -0.2) is 18.4 Å². The lowest BCUT2D eigenvalue weighted by molar-refractivity contribution is -0.118. The molecule has 1 amide bonds. The zero-order valence-corrected chi connectivity index (χ0v) is 21.1. The largest absolute Gasteiger partial charge is 0.368 e. The monoisotopic (exact) mass is 507 g/mol. The number of fused-ring (bicyclic) bond motifs is 1. The van der Waals surface area contributed by atoms with E-state index in [-0.39, 0.29) is 23.4 Å². The van der Waals surface area contributed by atoms with Gasteiger partial charge in [-0.3, -0.25) is 9.69 Å². The minimum absolute atomic E-state index is 0.133. The van der Waals surface area contributed by atoms with Crippen LogP contribution in [-0.2, 0) is 27.7 Å². The molecule has 11 heteroatoms. The maximum Gasteiger partial charge on any atom is 0.237 e. The second-order valence-electron chi connectivity index (χ2n) is 9.32. The summed E-state index contributed by atoms with van der Waals surface area (Å²) in [6, 6.07) is 13.2. The lowest BCUT2D eigenvalue weighted by Crippen LogP contribution is -2.51. The van der Waals surface area contributed by atoms with Gasteiger partial charge in [-0.05, 0) is 43.3 Å². The third-order valence-electron chi connectivity index (χ3n) is 6.54. The van der Waals surface area contributed by atoms with Crippen molar-refractivity contribution in [2.75, 3.05) is 30.8 Å². The molecule has 1 atom stereocenters. The van der Waals surface area contributed by atoms with Crippen LogP contribution in [0.4, 0.5) is 5.69 Å². The molecule has 10 nitrogen and oxygen atoms in total. The number of H-pyrrole nitrogens is 1. The first-order valence-corrected chi connectivity index (χ1v) is 13.6. The van der Waals surface area contributed by atoms with Gasteiger partial charge in [0.25, 0.3) is 0 Å². The number of hydrogen-bond donors (Lipinski definition) is 2. The fourth-order valence-electron chi connectivity index (χ4n) is 4.68. The van der Waals surface area contributed by atoms with Gasteiger partial charge in [0.05, 0.1) is 28.1 Å². The van der Waals surface area contributed by atoms with Crippen molar-refractivity contribution < 1.29 is 13.2 Å². The predicted molar refractivity (Wildman–Crippen MR) is 138 cm³/mol. The van der Waals surface area contributed by atoms with E-state index in [1.165, 1.54) is 6.26 Å². The van der Waals surface area contributed by atoms with E-state index in [0.717, 1.165) is 47.6 Å². The lowest BCUT2D eigenvalue weighted by atomic mass is 10.1. The molecule has 3 N–H and O–H groups in total. The molecule has 36 heavy (non-hydrogen) atoms. The molecule has 0 bridgehead atoms. The molecule has 0 saturated carbocycles. The van der Waals surface area contributed by atoms with E-state index < -0.39 is 9.84 Å². The molecule has 0 radical (unpaired) electrons. The summed E-state index contributed by atoms with van der Waals surface area (Å²) in [4.78, 5) is 28.8. The van der Waals surface area contributed by atoms with E-state index in [9.17, 15) is 13.2 Å². The minimum Gasteiger partial charge on any atom is -0.368 e. The molecule has 0 spiro atoms. The maximum atomic E-state index is 11.8. The molecular weight excluding hydrogens is 478 g/mol. The molecule has 0 aliphatic carbocycles. The fraction of sp³-hybridized carbons (Fsp3) is 0.320. The van der Waals surface area contributed by atoms with Crippen LogP contribution in [0.15, 0.2) is 59.9 Å². The van der Waals surface area contributed by atoms with E-state index >= 15 is 0 Å². The fourth-order valence-corrected chi connectivity index (χ4v) is 5.31. The van der Waals surface area contributed by atoms with E-state index in [1.807, 2.05) is 18.3 Å². The number of nitrogens with zero attached hydrogens (tertiary/aromatic N) is 5. The first kappa shape index (κ1) is 24.0. The Morgan fingerprint density at radius 1 is 1.17 bits per heavy atom. The number of nitrogens with one attached hydrogen (secondary N) is 1. The third kappa shape index (κ3) is 4.98. The van der Waals surface area contributed by atoms with Crippen molar-refractivity contribution in [2.45, 2.75) is 31.0 Å². The molecule has 1 aliphatic heterocycles. The van der Waals surface area contributed by atoms with Crippen LogP contribution in [0.1, 0.15) is 12.6 Å². The Hall–Kier alpha value is -3.70. The van der Waals surface area contributed by atoms with Gasteiger partial charge in [0.15, 0.2) is 9.84 Å². The number of benzene rings is 2. The van der Waals surface area contributed by atoms with Crippen LogP contribution in [0.5, 0.6) is 0 Å². The minimum atomic E-state index is -3.25. The number of primary amides is 1. The molecule has 1 fully saturated rings. The van der Waals surface area contributed by atoms with Gasteiger partial charge in [-0.1, -0.05) is 6.07 Å². The first-order valence-electron chi connectivity index (χ1n) is 11.7. The maximum absolute atomic E-state index is 11.8. The number of carbonyl (C=O) groups excluding carboxylic acids is 1. The van der Waals surface area contributed by atoms with Gasteiger partial charge >= 0.3 is 0 Å². The molecular formula is C25H29N7O3S. The molecule has 0 unspecified atom stereocenters. The number of imidazole rings is 2. The van der Waals surface area contributed by atoms with Crippen LogP contribution in [0.3, 0.4) is 0 Å². The molecule has 4 aromatic rings. The topological polar surface area (TPSA) is 130 Å². The zero-order valence-electron chi connectivity index (χ0n) is 20.3. The number of rotatable bonds is 7. The van der Waals surface area contributed by atoms with Crippen LogP contribution < -0.4 is 10.6 Å². The Morgan fingerprint density at radius 2 is 1.94 bits per heavy atom. The summed E-state index contributed by atoms with van der Waals surface area (Å²) in [5.41, 5.74) is 9.92. The SMILES string of the molecule is C[C@H]1CN(c2cccc3[nH]c(-c4ccc(S(C)(=O)=O)cc4)nc23)CCN1Cc1cn(CC(N)=O)cn1. The highest BCUT2D eigenvalue weighted by Gasteiger charge is 2.26. The van der Waals surface area contributed by atoms with Gasteiger partial charge in [0.1, 0.15) is 17.9 Å². The standard InChI is InChI=1S/C25H29N7O3S/c1-17-12-32(11-10-31(17)14-19-13-30(16-27-19)15-23(26)33)22-5-3-4-21-24(22)29-25(28-21)18-6-8-20(9-7-18)36(2,34)35/h3-9,13,16-17H,10-12,14-15H2,1-2H3,(H2,26,33)(H,28,29)/t17-/m0/s1. The van der Waals surface area contributed by atoms with Crippen LogP contribution in [0, 0.1) is 0 Å². The number of para-hydroxylation sites is 1.